The molecule has 0 N–H and O–H groups in total. The Morgan fingerprint density at radius 1 is 0.600 bits per heavy atom. The summed E-state index contributed by atoms with van der Waals surface area (Å²) in [5, 5.41) is 6.25. The van der Waals surface area contributed by atoms with Gasteiger partial charge in [0.2, 0.25) is 0 Å². The quantitative estimate of drug-likeness (QED) is 0.278. The van der Waals surface area contributed by atoms with Gasteiger partial charge in [-0.3, -0.25) is 0 Å². The number of hydrogen-bond donors (Lipinski definition) is 0. The summed E-state index contributed by atoms with van der Waals surface area (Å²) in [6.07, 6.45) is 11.1. The van der Waals surface area contributed by atoms with Crippen molar-refractivity contribution < 1.29 is 21.0 Å². The maximum atomic E-state index is 6.25. The van der Waals surface area contributed by atoms with Crippen LogP contribution >= 0.6 is 0 Å². The molecule has 124 valence electrons. The fourth-order valence-corrected chi connectivity index (χ4v) is 2.64. The molecule has 0 bridgehead atoms. The Morgan fingerprint density at radius 3 is 0.950 bits per heavy atom. The Morgan fingerprint density at radius 2 is 0.800 bits per heavy atom. The van der Waals surface area contributed by atoms with Crippen molar-refractivity contribution in [1.82, 2.24) is 0 Å². The van der Waals surface area contributed by atoms with E-state index in [-0.39, 0.29) is 16.5 Å². The molecular formula is C17H36N2Ni. The van der Waals surface area contributed by atoms with Crippen LogP contribution in [0.2, 0.25) is 0 Å². The van der Waals surface area contributed by atoms with Crippen LogP contribution in [0.15, 0.2) is 0 Å². The molecular weight excluding hydrogens is 291 g/mol. The van der Waals surface area contributed by atoms with Crippen LogP contribution in [0.3, 0.4) is 0 Å². The Balaban J connectivity index is -0.000000916. The molecule has 0 amide bonds. The molecule has 0 heterocycles. The average molecular weight is 327 g/mol. The molecule has 0 aliphatic carbocycles. The monoisotopic (exact) mass is 326 g/mol. The molecule has 0 saturated carbocycles. The summed E-state index contributed by atoms with van der Waals surface area (Å²) in [4.78, 5) is 0. The molecule has 3 heteroatoms. The van der Waals surface area contributed by atoms with Crippen molar-refractivity contribution in [2.24, 2.45) is 0 Å². The fraction of sp³-hybridized carbons (Fsp3) is 0.941. The van der Waals surface area contributed by atoms with Gasteiger partial charge in [0, 0.05) is 16.5 Å². The van der Waals surface area contributed by atoms with Gasteiger partial charge in [-0.15, -0.1) is 0 Å². The van der Waals surface area contributed by atoms with Gasteiger partial charge in [-0.05, 0) is 25.7 Å². The second-order valence-electron chi connectivity index (χ2n) is 5.65. The normalized spacial score (nSPS) is 10.3. The summed E-state index contributed by atoms with van der Waals surface area (Å²) in [7, 11) is 0. The largest absolute Gasteiger partial charge is 0.512 e. The predicted molar refractivity (Wildman–Crippen MR) is 84.3 cm³/mol. The number of unbranched alkanes of at least 4 members (excludes halogenated alkanes) is 4. The van der Waals surface area contributed by atoms with Gasteiger partial charge in [-0.1, -0.05) is 53.4 Å². The number of hydrogen-bond acceptors (Lipinski definition) is 1. The van der Waals surface area contributed by atoms with Gasteiger partial charge in [0.1, 0.15) is 0 Å². The van der Waals surface area contributed by atoms with Crippen LogP contribution in [0.5, 0.6) is 0 Å². The molecule has 0 radical (unpaired) electrons. The topological polar surface area (TPSA) is 23.8 Å². The average Bonchev–Trinajstić information content (AvgIpc) is 2.48. The molecule has 20 heavy (non-hydrogen) atoms. The molecule has 0 fully saturated rings. The second kappa shape index (κ2) is 18.9. The third kappa shape index (κ3) is 13.0. The zero-order valence-corrected chi connectivity index (χ0v) is 15.2. The minimum Gasteiger partial charge on any atom is -0.512 e. The molecule has 0 saturated heterocycles. The van der Waals surface area contributed by atoms with Gasteiger partial charge in [0.05, 0.1) is 26.2 Å². The smallest absolute Gasteiger partial charge is 0.0786 e. The van der Waals surface area contributed by atoms with E-state index in [2.05, 4.69) is 27.7 Å². The standard InChI is InChI=1S/C16H36N.CN.Ni/c1-5-9-13-17(14-10-6-2,15-11-7-3)16-12-8-4;1-2;/h5-16H2,1-4H3;;/q+1;-1;. The molecule has 0 aliphatic heterocycles. The molecule has 0 aromatic carbocycles. The van der Waals surface area contributed by atoms with E-state index < -0.39 is 0 Å². The van der Waals surface area contributed by atoms with Crippen molar-refractivity contribution in [3.8, 4) is 0 Å². The predicted octanol–water partition coefficient (Wildman–Crippen LogP) is 5.10. The van der Waals surface area contributed by atoms with E-state index in [1.165, 1.54) is 82.0 Å². The Bertz CT molecular complexity index is 155. The van der Waals surface area contributed by atoms with Gasteiger partial charge >= 0.3 is 0 Å². The first-order valence-corrected chi connectivity index (χ1v) is 8.32. The van der Waals surface area contributed by atoms with Gasteiger partial charge in [-0.2, -0.15) is 0 Å². The molecule has 0 spiro atoms. The number of rotatable bonds is 12. The first kappa shape index (κ1) is 24.9. The number of quaternary nitrogens is 1. The Kier molecular flexibility index (Phi) is 23.6. The van der Waals surface area contributed by atoms with Crippen LogP contribution in [0.4, 0.5) is 0 Å². The van der Waals surface area contributed by atoms with E-state index in [0.717, 1.165) is 0 Å². The molecule has 0 atom stereocenters. The maximum Gasteiger partial charge on any atom is 0.0786 e. The van der Waals surface area contributed by atoms with Gasteiger partial charge in [-0.25, -0.2) is 0 Å². The van der Waals surface area contributed by atoms with Crippen molar-refractivity contribution in [2.45, 2.75) is 79.1 Å². The van der Waals surface area contributed by atoms with Crippen LogP contribution in [-0.2, 0) is 16.5 Å². The third-order valence-electron chi connectivity index (χ3n) is 3.94. The molecule has 0 aromatic heterocycles. The summed E-state index contributed by atoms with van der Waals surface area (Å²) >= 11 is 0. The summed E-state index contributed by atoms with van der Waals surface area (Å²) < 4.78 is 1.42. The van der Waals surface area contributed by atoms with E-state index in [9.17, 15) is 0 Å². The summed E-state index contributed by atoms with van der Waals surface area (Å²) in [5.74, 6) is 0. The van der Waals surface area contributed by atoms with Crippen LogP contribution in [0, 0.1) is 11.8 Å². The van der Waals surface area contributed by atoms with Crippen molar-refractivity contribution in [3.63, 3.8) is 0 Å². The zero-order chi connectivity index (χ0) is 15.0. The molecule has 0 aromatic rings. The Labute approximate surface area is 138 Å². The SMILES string of the molecule is CCCC[N+](CCCC)(CCCC)CCCC.[C-]#N.[Ni]. The van der Waals surface area contributed by atoms with Crippen molar-refractivity contribution in [2.75, 3.05) is 26.2 Å². The third-order valence-corrected chi connectivity index (χ3v) is 3.94. The minimum absolute atomic E-state index is 0. The summed E-state index contributed by atoms with van der Waals surface area (Å²) in [5.41, 5.74) is 0. The van der Waals surface area contributed by atoms with Crippen LogP contribution in [-0.4, -0.2) is 30.7 Å². The summed E-state index contributed by atoms with van der Waals surface area (Å²) in [6.45, 7) is 19.8. The molecule has 0 rings (SSSR count). The minimum atomic E-state index is 0. The van der Waals surface area contributed by atoms with E-state index in [0.29, 0.717) is 0 Å². The zero-order valence-electron chi connectivity index (χ0n) is 14.2. The van der Waals surface area contributed by atoms with Crippen molar-refractivity contribution in [1.29, 1.82) is 5.26 Å². The van der Waals surface area contributed by atoms with E-state index in [1.807, 2.05) is 0 Å². The molecule has 0 aliphatic rings. The van der Waals surface area contributed by atoms with Gasteiger partial charge in [0.25, 0.3) is 0 Å². The van der Waals surface area contributed by atoms with E-state index >= 15 is 0 Å². The van der Waals surface area contributed by atoms with E-state index in [1.54, 1.807) is 0 Å². The van der Waals surface area contributed by atoms with Crippen molar-refractivity contribution >= 4 is 0 Å². The number of nitrogens with zero attached hydrogens (tertiary/aromatic N) is 2. The first-order valence-electron chi connectivity index (χ1n) is 8.32. The van der Waals surface area contributed by atoms with Gasteiger partial charge in [0.15, 0.2) is 0 Å². The first-order chi connectivity index (χ1) is 9.24. The van der Waals surface area contributed by atoms with Crippen molar-refractivity contribution in [3.05, 3.63) is 6.57 Å². The van der Waals surface area contributed by atoms with Crippen LogP contribution in [0.25, 0.3) is 0 Å². The second-order valence-corrected chi connectivity index (χ2v) is 5.65. The van der Waals surface area contributed by atoms with Crippen LogP contribution in [0.1, 0.15) is 79.1 Å². The van der Waals surface area contributed by atoms with E-state index in [4.69, 9.17) is 11.8 Å². The molecule has 2 nitrogen and oxygen atoms in total. The van der Waals surface area contributed by atoms with Gasteiger partial charge < -0.3 is 16.3 Å². The maximum absolute atomic E-state index is 6.25. The van der Waals surface area contributed by atoms with Crippen LogP contribution < -0.4 is 0 Å². The fourth-order valence-electron chi connectivity index (χ4n) is 2.64. The molecule has 0 unspecified atom stereocenters. The summed E-state index contributed by atoms with van der Waals surface area (Å²) in [6, 6.07) is 0. The Hall–Kier alpha value is -0.0565.